The second kappa shape index (κ2) is 11.5. The molecule has 2 rings (SSSR count). The molecule has 0 saturated heterocycles. The number of rotatable bonds is 11. The second-order valence-electron chi connectivity index (χ2n) is 8.13. The molecule has 1 heterocycles. The van der Waals surface area contributed by atoms with Crippen LogP contribution in [0.2, 0.25) is 0 Å². The summed E-state index contributed by atoms with van der Waals surface area (Å²) in [6, 6.07) is 1.90. The zero-order chi connectivity index (χ0) is 21.4. The number of carbonyl (C=O) groups excluding carboxylic acids is 1. The number of aliphatic hydroxyl groups is 1. The van der Waals surface area contributed by atoms with Crippen LogP contribution >= 0.6 is 11.3 Å². The number of amides is 1. The molecule has 1 amide bonds. The fraction of sp³-hybridized carbons (Fsp3) is 0.652. The molecular formula is C23H35NO4S. The van der Waals surface area contributed by atoms with Crippen LogP contribution < -0.4 is 4.90 Å². The van der Waals surface area contributed by atoms with Gasteiger partial charge in [-0.2, -0.15) is 0 Å². The summed E-state index contributed by atoms with van der Waals surface area (Å²) in [6.07, 6.45) is 10.1. The van der Waals surface area contributed by atoms with E-state index in [0.717, 1.165) is 43.4 Å². The van der Waals surface area contributed by atoms with E-state index in [1.165, 1.54) is 23.3 Å². The molecule has 1 aliphatic carbocycles. The minimum atomic E-state index is -0.984. The maximum absolute atomic E-state index is 13.2. The summed E-state index contributed by atoms with van der Waals surface area (Å²) in [5.41, 5.74) is 1.72. The maximum atomic E-state index is 13.2. The Balaban J connectivity index is 2.36. The van der Waals surface area contributed by atoms with Gasteiger partial charge in [0.25, 0.3) is 0 Å². The van der Waals surface area contributed by atoms with Gasteiger partial charge in [-0.25, -0.2) is 4.79 Å². The normalized spacial score (nSPS) is 16.2. The molecule has 0 saturated carbocycles. The number of anilines is 1. The van der Waals surface area contributed by atoms with Gasteiger partial charge in [0.15, 0.2) is 0 Å². The van der Waals surface area contributed by atoms with Crippen molar-refractivity contribution >= 4 is 34.5 Å². The molecule has 0 bridgehead atoms. The predicted octanol–water partition coefficient (Wildman–Crippen LogP) is 5.72. The van der Waals surface area contributed by atoms with Crippen LogP contribution in [0.15, 0.2) is 12.1 Å². The van der Waals surface area contributed by atoms with E-state index in [9.17, 15) is 19.8 Å². The highest BCUT2D eigenvalue weighted by atomic mass is 32.1. The summed E-state index contributed by atoms with van der Waals surface area (Å²) >= 11 is 1.28. The van der Waals surface area contributed by atoms with Crippen LogP contribution in [0.3, 0.4) is 0 Å². The lowest BCUT2D eigenvalue weighted by Crippen LogP contribution is -2.37. The smallest absolute Gasteiger partial charge is 0.348 e. The molecule has 0 spiro atoms. The molecule has 6 heteroatoms. The van der Waals surface area contributed by atoms with Crippen molar-refractivity contribution in [2.45, 2.75) is 84.7 Å². The van der Waals surface area contributed by atoms with Crippen molar-refractivity contribution in [3.63, 3.8) is 0 Å². The van der Waals surface area contributed by atoms with E-state index in [2.05, 4.69) is 13.0 Å². The SMILES string of the molecule is CCCCC(C)C(=O)N(CCCC(C)O)c1cc(C2=CCCCC2)sc1C(=O)O. The monoisotopic (exact) mass is 421 g/mol. The highest BCUT2D eigenvalue weighted by molar-refractivity contribution is 7.15. The zero-order valence-corrected chi connectivity index (χ0v) is 18.8. The number of unbranched alkanes of at least 4 members (excludes halogenated alkanes) is 1. The molecule has 29 heavy (non-hydrogen) atoms. The van der Waals surface area contributed by atoms with Crippen molar-refractivity contribution in [3.8, 4) is 0 Å². The van der Waals surface area contributed by atoms with Gasteiger partial charge in [-0.05, 0) is 63.5 Å². The van der Waals surface area contributed by atoms with Gasteiger partial charge < -0.3 is 15.1 Å². The average molecular weight is 422 g/mol. The fourth-order valence-electron chi connectivity index (χ4n) is 3.75. The Kier molecular flexibility index (Phi) is 9.37. The Hall–Kier alpha value is -1.66. The fourth-order valence-corrected chi connectivity index (χ4v) is 4.82. The first-order valence-corrected chi connectivity index (χ1v) is 11.7. The third-order valence-electron chi connectivity index (χ3n) is 5.49. The standard InChI is InChI=1S/C23H35NO4S/c1-4-5-10-16(2)22(26)24(14-9-11-17(3)25)19-15-20(29-21(19)23(27)28)18-12-7-6-8-13-18/h12,15-17,25H,4-11,13-14H2,1-3H3,(H,27,28). The largest absolute Gasteiger partial charge is 0.477 e. The zero-order valence-electron chi connectivity index (χ0n) is 17.9. The Bertz CT molecular complexity index is 722. The van der Waals surface area contributed by atoms with Gasteiger partial charge >= 0.3 is 5.97 Å². The van der Waals surface area contributed by atoms with Crippen LogP contribution in [0.25, 0.3) is 5.57 Å². The summed E-state index contributed by atoms with van der Waals surface area (Å²) in [7, 11) is 0. The number of carbonyl (C=O) groups is 2. The first-order chi connectivity index (χ1) is 13.8. The van der Waals surface area contributed by atoms with Crippen LogP contribution in [0, 0.1) is 5.92 Å². The molecule has 2 unspecified atom stereocenters. The van der Waals surface area contributed by atoms with Crippen LogP contribution in [0.5, 0.6) is 0 Å². The van der Waals surface area contributed by atoms with Gasteiger partial charge in [-0.1, -0.05) is 32.8 Å². The van der Waals surface area contributed by atoms with E-state index in [0.29, 0.717) is 25.1 Å². The molecule has 5 nitrogen and oxygen atoms in total. The van der Waals surface area contributed by atoms with Gasteiger partial charge in [0, 0.05) is 17.3 Å². The van der Waals surface area contributed by atoms with Crippen molar-refractivity contribution in [1.82, 2.24) is 0 Å². The first kappa shape index (κ1) is 23.6. The quantitative estimate of drug-likeness (QED) is 0.479. The van der Waals surface area contributed by atoms with Crippen molar-refractivity contribution in [1.29, 1.82) is 0 Å². The number of hydrogen-bond acceptors (Lipinski definition) is 4. The van der Waals surface area contributed by atoms with Crippen molar-refractivity contribution < 1.29 is 19.8 Å². The minimum absolute atomic E-state index is 0.0199. The highest BCUT2D eigenvalue weighted by Crippen LogP contribution is 2.38. The molecule has 1 aromatic rings. The second-order valence-corrected chi connectivity index (χ2v) is 9.18. The van der Waals surface area contributed by atoms with Gasteiger partial charge in [-0.15, -0.1) is 11.3 Å². The van der Waals surface area contributed by atoms with Crippen LogP contribution in [0.1, 0.15) is 93.1 Å². The highest BCUT2D eigenvalue weighted by Gasteiger charge is 2.28. The Morgan fingerprint density at radius 2 is 1.97 bits per heavy atom. The molecule has 1 aromatic heterocycles. The maximum Gasteiger partial charge on any atom is 0.348 e. The van der Waals surface area contributed by atoms with E-state index in [1.807, 2.05) is 13.0 Å². The van der Waals surface area contributed by atoms with Crippen LogP contribution in [-0.4, -0.2) is 34.7 Å². The van der Waals surface area contributed by atoms with E-state index in [4.69, 9.17) is 0 Å². The number of carboxylic acid groups (broad SMARTS) is 1. The number of thiophene rings is 1. The first-order valence-electron chi connectivity index (χ1n) is 10.9. The molecule has 0 aromatic carbocycles. The van der Waals surface area contributed by atoms with Gasteiger partial charge in [0.05, 0.1) is 11.8 Å². The van der Waals surface area contributed by atoms with E-state index >= 15 is 0 Å². The molecule has 0 fully saturated rings. The molecule has 162 valence electrons. The van der Waals surface area contributed by atoms with E-state index in [-0.39, 0.29) is 16.7 Å². The van der Waals surface area contributed by atoms with Gasteiger partial charge in [0.2, 0.25) is 5.91 Å². The number of nitrogens with zero attached hydrogens (tertiary/aromatic N) is 1. The summed E-state index contributed by atoms with van der Waals surface area (Å²) < 4.78 is 0. The molecule has 1 aliphatic rings. The number of carboxylic acids is 1. The van der Waals surface area contributed by atoms with E-state index < -0.39 is 12.1 Å². The van der Waals surface area contributed by atoms with Crippen LogP contribution in [0.4, 0.5) is 5.69 Å². The van der Waals surface area contributed by atoms with Crippen molar-refractivity contribution in [2.75, 3.05) is 11.4 Å². The van der Waals surface area contributed by atoms with Crippen LogP contribution in [-0.2, 0) is 4.79 Å². The lowest BCUT2D eigenvalue weighted by molar-refractivity contribution is -0.122. The Morgan fingerprint density at radius 1 is 1.21 bits per heavy atom. The van der Waals surface area contributed by atoms with Crippen molar-refractivity contribution in [2.24, 2.45) is 5.92 Å². The Labute approximate surface area is 178 Å². The number of allylic oxidation sites excluding steroid dienone is 2. The molecular weight excluding hydrogens is 386 g/mol. The summed E-state index contributed by atoms with van der Waals surface area (Å²) in [5.74, 6) is -1.16. The topological polar surface area (TPSA) is 77.8 Å². The number of hydrogen-bond donors (Lipinski definition) is 2. The third-order valence-corrected chi connectivity index (χ3v) is 6.67. The molecule has 0 radical (unpaired) electrons. The minimum Gasteiger partial charge on any atom is -0.477 e. The molecule has 2 N–H and O–H groups in total. The summed E-state index contributed by atoms with van der Waals surface area (Å²) in [4.78, 5) is 28.1. The van der Waals surface area contributed by atoms with Gasteiger partial charge in [-0.3, -0.25) is 4.79 Å². The summed E-state index contributed by atoms with van der Waals surface area (Å²) in [6.45, 7) is 6.19. The molecule has 2 atom stereocenters. The summed E-state index contributed by atoms with van der Waals surface area (Å²) in [5, 5.41) is 19.4. The number of aromatic carboxylic acids is 1. The van der Waals surface area contributed by atoms with Gasteiger partial charge in [0.1, 0.15) is 4.88 Å². The lowest BCUT2D eigenvalue weighted by atomic mass is 9.98. The Morgan fingerprint density at radius 3 is 2.55 bits per heavy atom. The molecule has 0 aliphatic heterocycles. The number of aliphatic hydroxyl groups excluding tert-OH is 1. The lowest BCUT2D eigenvalue weighted by Gasteiger charge is -2.26. The third kappa shape index (κ3) is 6.68. The predicted molar refractivity (Wildman–Crippen MR) is 120 cm³/mol. The average Bonchev–Trinajstić information content (AvgIpc) is 3.15. The van der Waals surface area contributed by atoms with Crippen molar-refractivity contribution in [3.05, 3.63) is 21.9 Å². The van der Waals surface area contributed by atoms with E-state index in [1.54, 1.807) is 11.8 Å².